The van der Waals surface area contributed by atoms with Gasteiger partial charge < -0.3 is 5.32 Å². The molecule has 0 radical (unpaired) electrons. The van der Waals surface area contributed by atoms with Gasteiger partial charge >= 0.3 is 0 Å². The van der Waals surface area contributed by atoms with E-state index in [9.17, 15) is 0 Å². The Morgan fingerprint density at radius 2 is 2.22 bits per heavy atom. The molecule has 0 bridgehead atoms. The smallest absolute Gasteiger partial charge is 0.0759 e. The Morgan fingerprint density at radius 3 is 2.83 bits per heavy atom. The topological polar surface area (TPSA) is 42.7 Å². The van der Waals surface area contributed by atoms with Gasteiger partial charge in [-0.1, -0.05) is 31.9 Å². The van der Waals surface area contributed by atoms with Gasteiger partial charge in [-0.3, -0.25) is 0 Å². The molecule has 0 spiro atoms. The van der Waals surface area contributed by atoms with Gasteiger partial charge in [0.15, 0.2) is 0 Å². The van der Waals surface area contributed by atoms with Gasteiger partial charge in [0.25, 0.3) is 0 Å². The van der Waals surface area contributed by atoms with E-state index >= 15 is 0 Å². The second-order valence-corrected chi connectivity index (χ2v) is 5.36. The summed E-state index contributed by atoms with van der Waals surface area (Å²) in [6.45, 7) is 8.53. The minimum absolute atomic E-state index is 0.432. The maximum absolute atomic E-state index is 4.18. The third-order valence-corrected chi connectivity index (χ3v) is 4.32. The minimum Gasteiger partial charge on any atom is -0.309 e. The van der Waals surface area contributed by atoms with E-state index in [1.807, 2.05) is 10.9 Å². The average Bonchev–Trinajstić information content (AvgIpc) is 3.04. The summed E-state index contributed by atoms with van der Waals surface area (Å²) in [6.07, 6.45) is 7.33. The van der Waals surface area contributed by atoms with Gasteiger partial charge in [-0.15, -0.1) is 5.10 Å². The first-order valence-electron chi connectivity index (χ1n) is 7.41. The molecule has 0 aliphatic heterocycles. The molecule has 4 heteroatoms. The number of hydrogen-bond donors (Lipinski definition) is 1. The molecule has 18 heavy (non-hydrogen) atoms. The first kappa shape index (κ1) is 13.5. The summed E-state index contributed by atoms with van der Waals surface area (Å²) in [5.41, 5.74) is 1.26. The van der Waals surface area contributed by atoms with Crippen LogP contribution in [0.15, 0.2) is 6.20 Å². The third kappa shape index (κ3) is 2.74. The summed E-state index contributed by atoms with van der Waals surface area (Å²) < 4.78 is 2.03. The van der Waals surface area contributed by atoms with Crippen LogP contribution in [-0.4, -0.2) is 21.5 Å². The standard InChI is InChI=1S/C14H26N4/c1-4-11-7-8-12(9-11)14(15-5-2)13-10-16-17-18(13)6-3/h10-12,14-15H,4-9H2,1-3H3. The van der Waals surface area contributed by atoms with Crippen molar-refractivity contribution < 1.29 is 0 Å². The van der Waals surface area contributed by atoms with Crippen molar-refractivity contribution >= 4 is 0 Å². The molecule has 0 aromatic carbocycles. The van der Waals surface area contributed by atoms with Crippen LogP contribution in [0.4, 0.5) is 0 Å². The van der Waals surface area contributed by atoms with Gasteiger partial charge in [-0.25, -0.2) is 4.68 Å². The lowest BCUT2D eigenvalue weighted by Gasteiger charge is -2.24. The van der Waals surface area contributed by atoms with E-state index in [-0.39, 0.29) is 0 Å². The number of aromatic nitrogens is 3. The van der Waals surface area contributed by atoms with E-state index in [1.54, 1.807) is 0 Å². The van der Waals surface area contributed by atoms with Crippen molar-refractivity contribution in [2.75, 3.05) is 6.54 Å². The van der Waals surface area contributed by atoms with Crippen molar-refractivity contribution in [3.63, 3.8) is 0 Å². The molecule has 1 heterocycles. The molecule has 3 atom stereocenters. The predicted octanol–water partition coefficient (Wildman–Crippen LogP) is 2.77. The van der Waals surface area contributed by atoms with E-state index < -0.39 is 0 Å². The van der Waals surface area contributed by atoms with Crippen molar-refractivity contribution in [1.82, 2.24) is 20.3 Å². The molecule has 1 aromatic heterocycles. The van der Waals surface area contributed by atoms with Gasteiger partial charge in [0.05, 0.1) is 17.9 Å². The Balaban J connectivity index is 2.13. The molecule has 2 rings (SSSR count). The van der Waals surface area contributed by atoms with Crippen molar-refractivity contribution in [2.24, 2.45) is 11.8 Å². The fourth-order valence-corrected chi connectivity index (χ4v) is 3.27. The zero-order valence-corrected chi connectivity index (χ0v) is 11.9. The molecule has 1 aliphatic carbocycles. The fourth-order valence-electron chi connectivity index (χ4n) is 3.27. The van der Waals surface area contributed by atoms with Crippen LogP contribution in [0.1, 0.15) is 58.2 Å². The summed E-state index contributed by atoms with van der Waals surface area (Å²) in [6, 6.07) is 0.432. The summed E-state index contributed by atoms with van der Waals surface area (Å²) in [5, 5.41) is 11.9. The van der Waals surface area contributed by atoms with Crippen molar-refractivity contribution in [3.8, 4) is 0 Å². The molecular weight excluding hydrogens is 224 g/mol. The summed E-state index contributed by atoms with van der Waals surface area (Å²) >= 11 is 0. The lowest BCUT2D eigenvalue weighted by atomic mass is 9.93. The lowest BCUT2D eigenvalue weighted by molar-refractivity contribution is 0.340. The number of nitrogens with zero attached hydrogens (tertiary/aromatic N) is 3. The molecule has 1 fully saturated rings. The Morgan fingerprint density at radius 1 is 1.39 bits per heavy atom. The molecule has 4 nitrogen and oxygen atoms in total. The second kappa shape index (κ2) is 6.32. The van der Waals surface area contributed by atoms with Gasteiger partial charge in [-0.05, 0) is 38.1 Å². The largest absolute Gasteiger partial charge is 0.309 e. The maximum Gasteiger partial charge on any atom is 0.0759 e. The molecule has 102 valence electrons. The summed E-state index contributed by atoms with van der Waals surface area (Å²) in [5.74, 6) is 1.67. The predicted molar refractivity (Wildman–Crippen MR) is 73.2 cm³/mol. The number of hydrogen-bond acceptors (Lipinski definition) is 3. The number of nitrogens with one attached hydrogen (secondary N) is 1. The van der Waals surface area contributed by atoms with E-state index in [0.29, 0.717) is 6.04 Å². The van der Waals surface area contributed by atoms with Crippen LogP contribution in [-0.2, 0) is 6.54 Å². The molecular formula is C14H26N4. The first-order valence-corrected chi connectivity index (χ1v) is 7.41. The molecule has 3 unspecified atom stereocenters. The molecule has 0 saturated heterocycles. The normalized spacial score (nSPS) is 25.5. The van der Waals surface area contributed by atoms with Crippen LogP contribution in [0, 0.1) is 11.8 Å². The van der Waals surface area contributed by atoms with E-state index in [0.717, 1.165) is 24.9 Å². The zero-order valence-electron chi connectivity index (χ0n) is 11.9. The van der Waals surface area contributed by atoms with Crippen LogP contribution in [0.25, 0.3) is 0 Å². The van der Waals surface area contributed by atoms with Crippen molar-refractivity contribution in [1.29, 1.82) is 0 Å². The zero-order chi connectivity index (χ0) is 13.0. The highest BCUT2D eigenvalue weighted by atomic mass is 15.4. The molecule has 1 saturated carbocycles. The highest BCUT2D eigenvalue weighted by Crippen LogP contribution is 2.40. The summed E-state index contributed by atoms with van der Waals surface area (Å²) in [7, 11) is 0. The fraction of sp³-hybridized carbons (Fsp3) is 0.857. The summed E-state index contributed by atoms with van der Waals surface area (Å²) in [4.78, 5) is 0. The SMILES string of the molecule is CCNC(c1cnnn1CC)C1CCC(CC)C1. The third-order valence-electron chi connectivity index (χ3n) is 4.32. The molecule has 1 aliphatic rings. The van der Waals surface area contributed by atoms with E-state index in [1.165, 1.54) is 31.4 Å². The van der Waals surface area contributed by atoms with E-state index in [4.69, 9.17) is 0 Å². The molecule has 0 amide bonds. The van der Waals surface area contributed by atoms with Crippen LogP contribution >= 0.6 is 0 Å². The lowest BCUT2D eigenvalue weighted by Crippen LogP contribution is -2.29. The van der Waals surface area contributed by atoms with Crippen molar-refractivity contribution in [2.45, 2.75) is 59.0 Å². The average molecular weight is 250 g/mol. The van der Waals surface area contributed by atoms with Crippen molar-refractivity contribution in [3.05, 3.63) is 11.9 Å². The van der Waals surface area contributed by atoms with Gasteiger partial charge in [-0.2, -0.15) is 0 Å². The number of rotatable bonds is 6. The monoisotopic (exact) mass is 250 g/mol. The van der Waals surface area contributed by atoms with Crippen LogP contribution in [0.2, 0.25) is 0 Å². The van der Waals surface area contributed by atoms with Crippen LogP contribution < -0.4 is 5.32 Å². The van der Waals surface area contributed by atoms with Gasteiger partial charge in [0.2, 0.25) is 0 Å². The maximum atomic E-state index is 4.18. The Hall–Kier alpha value is -0.900. The first-order chi connectivity index (χ1) is 8.80. The highest BCUT2D eigenvalue weighted by molar-refractivity contribution is 5.05. The quantitative estimate of drug-likeness (QED) is 0.844. The van der Waals surface area contributed by atoms with Gasteiger partial charge in [0.1, 0.15) is 0 Å². The highest BCUT2D eigenvalue weighted by Gasteiger charge is 2.32. The van der Waals surface area contributed by atoms with Crippen LogP contribution in [0.3, 0.4) is 0 Å². The Bertz CT molecular complexity index is 360. The second-order valence-electron chi connectivity index (χ2n) is 5.36. The minimum atomic E-state index is 0.432. The van der Waals surface area contributed by atoms with E-state index in [2.05, 4.69) is 36.4 Å². The molecule has 1 aromatic rings. The Labute approximate surface area is 110 Å². The van der Waals surface area contributed by atoms with Crippen LogP contribution in [0.5, 0.6) is 0 Å². The number of aryl methyl sites for hydroxylation is 1. The van der Waals surface area contributed by atoms with Gasteiger partial charge in [0, 0.05) is 6.54 Å². The Kier molecular flexibility index (Phi) is 4.75. The molecule has 1 N–H and O–H groups in total.